The molecule has 3 N–H and O–H groups in total. The van der Waals surface area contributed by atoms with Crippen LogP contribution in [-0.4, -0.2) is 31.8 Å². The Morgan fingerprint density at radius 3 is 3.10 bits per heavy atom. The second-order valence-corrected chi connectivity index (χ2v) is 2.43. The Balaban J connectivity index is 2.30. The minimum Gasteiger partial charge on any atom is -0.374 e. The van der Waals surface area contributed by atoms with E-state index in [1.54, 1.807) is 6.08 Å². The zero-order valence-corrected chi connectivity index (χ0v) is 6.05. The molecule has 3 nitrogen and oxygen atoms in total. The highest BCUT2D eigenvalue weighted by Crippen LogP contribution is 2.00. The first kappa shape index (κ1) is 7.72. The van der Waals surface area contributed by atoms with Crippen molar-refractivity contribution in [3.63, 3.8) is 0 Å². The number of hydrogen-bond donors (Lipinski definition) is 2. The fourth-order valence-corrected chi connectivity index (χ4v) is 0.985. The van der Waals surface area contributed by atoms with Crippen molar-refractivity contribution in [1.29, 1.82) is 0 Å². The number of nitrogens with two attached hydrogens (primary N) is 1. The van der Waals surface area contributed by atoms with Gasteiger partial charge in [0.2, 0.25) is 0 Å². The van der Waals surface area contributed by atoms with Crippen molar-refractivity contribution in [3.8, 4) is 0 Å². The maximum absolute atomic E-state index is 5.66. The van der Waals surface area contributed by atoms with Gasteiger partial charge in [-0.15, -0.1) is 6.58 Å². The molecule has 0 aromatic rings. The van der Waals surface area contributed by atoms with E-state index in [9.17, 15) is 0 Å². The first-order valence-electron chi connectivity index (χ1n) is 3.55. The van der Waals surface area contributed by atoms with Gasteiger partial charge in [-0.1, -0.05) is 6.08 Å². The van der Waals surface area contributed by atoms with Crippen LogP contribution in [0.3, 0.4) is 0 Å². The highest BCUT2D eigenvalue weighted by Gasteiger charge is 2.17. The molecule has 1 heterocycles. The summed E-state index contributed by atoms with van der Waals surface area (Å²) in [4.78, 5) is 0. The Morgan fingerprint density at radius 2 is 2.60 bits per heavy atom. The summed E-state index contributed by atoms with van der Waals surface area (Å²) < 4.78 is 5.37. The number of morpholine rings is 1. The van der Waals surface area contributed by atoms with Crippen LogP contribution in [0.5, 0.6) is 0 Å². The molecule has 1 aliphatic heterocycles. The average Bonchev–Trinajstić information content (AvgIpc) is 2.05. The zero-order chi connectivity index (χ0) is 7.40. The molecule has 0 aliphatic carbocycles. The molecule has 0 radical (unpaired) electrons. The van der Waals surface area contributed by atoms with Crippen LogP contribution in [0.25, 0.3) is 0 Å². The fourth-order valence-electron chi connectivity index (χ4n) is 0.985. The molecule has 0 spiro atoms. The Bertz CT molecular complexity index is 110. The molecule has 2 atom stereocenters. The predicted octanol–water partition coefficient (Wildman–Crippen LogP) is -0.512. The van der Waals surface area contributed by atoms with Gasteiger partial charge in [0.1, 0.15) is 0 Å². The summed E-state index contributed by atoms with van der Waals surface area (Å²) in [5.74, 6) is 0. The SMILES string of the molecule is C=CC(N)C1CNCCO1. The summed E-state index contributed by atoms with van der Waals surface area (Å²) in [6.07, 6.45) is 1.84. The van der Waals surface area contributed by atoms with Gasteiger partial charge in [0, 0.05) is 13.1 Å². The molecular weight excluding hydrogens is 128 g/mol. The van der Waals surface area contributed by atoms with Crippen LogP contribution < -0.4 is 11.1 Å². The summed E-state index contributed by atoms with van der Waals surface area (Å²) >= 11 is 0. The van der Waals surface area contributed by atoms with Gasteiger partial charge in [-0.05, 0) is 0 Å². The number of hydrogen-bond acceptors (Lipinski definition) is 3. The first-order valence-corrected chi connectivity index (χ1v) is 3.55. The third kappa shape index (κ3) is 1.80. The topological polar surface area (TPSA) is 47.3 Å². The quantitative estimate of drug-likeness (QED) is 0.510. The third-order valence-electron chi connectivity index (χ3n) is 1.66. The van der Waals surface area contributed by atoms with Gasteiger partial charge in [-0.3, -0.25) is 0 Å². The van der Waals surface area contributed by atoms with E-state index < -0.39 is 0 Å². The standard InChI is InChI=1S/C7H14N2O/c1-2-6(8)7-5-9-3-4-10-7/h2,6-7,9H,1,3-5,8H2. The van der Waals surface area contributed by atoms with Gasteiger partial charge in [0.05, 0.1) is 18.8 Å². The normalized spacial score (nSPS) is 29.5. The van der Waals surface area contributed by atoms with Crippen molar-refractivity contribution in [1.82, 2.24) is 5.32 Å². The molecular formula is C7H14N2O. The lowest BCUT2D eigenvalue weighted by atomic mass is 10.1. The van der Waals surface area contributed by atoms with Crippen LogP contribution in [0.2, 0.25) is 0 Å². The molecule has 0 bridgehead atoms. The molecule has 1 saturated heterocycles. The van der Waals surface area contributed by atoms with Crippen LogP contribution in [0.4, 0.5) is 0 Å². The molecule has 0 saturated carbocycles. The summed E-state index contributed by atoms with van der Waals surface area (Å²) in [7, 11) is 0. The smallest absolute Gasteiger partial charge is 0.0886 e. The van der Waals surface area contributed by atoms with Crippen LogP contribution >= 0.6 is 0 Å². The molecule has 10 heavy (non-hydrogen) atoms. The third-order valence-corrected chi connectivity index (χ3v) is 1.66. The van der Waals surface area contributed by atoms with E-state index in [-0.39, 0.29) is 12.1 Å². The number of rotatable bonds is 2. The summed E-state index contributed by atoms with van der Waals surface area (Å²) in [6.45, 7) is 6.13. The predicted molar refractivity (Wildman–Crippen MR) is 40.8 cm³/mol. The maximum atomic E-state index is 5.66. The van der Waals surface area contributed by atoms with E-state index in [4.69, 9.17) is 10.5 Å². The maximum Gasteiger partial charge on any atom is 0.0886 e. The average molecular weight is 142 g/mol. The highest BCUT2D eigenvalue weighted by molar-refractivity contribution is 4.91. The van der Waals surface area contributed by atoms with E-state index in [1.807, 2.05) is 0 Å². The summed E-state index contributed by atoms with van der Waals surface area (Å²) in [6, 6.07) is -0.0344. The second-order valence-electron chi connectivity index (χ2n) is 2.43. The molecule has 2 unspecified atom stereocenters. The lowest BCUT2D eigenvalue weighted by Crippen LogP contribution is -2.47. The molecule has 0 aromatic heterocycles. The van der Waals surface area contributed by atoms with Crippen molar-refractivity contribution in [3.05, 3.63) is 12.7 Å². The van der Waals surface area contributed by atoms with Crippen LogP contribution in [0.15, 0.2) is 12.7 Å². The van der Waals surface area contributed by atoms with Gasteiger partial charge in [0.25, 0.3) is 0 Å². The minimum absolute atomic E-state index is 0.0344. The Morgan fingerprint density at radius 1 is 1.80 bits per heavy atom. The fraction of sp³-hybridized carbons (Fsp3) is 0.714. The lowest BCUT2D eigenvalue weighted by Gasteiger charge is -2.26. The van der Waals surface area contributed by atoms with Gasteiger partial charge in [-0.25, -0.2) is 0 Å². The number of nitrogens with one attached hydrogen (secondary N) is 1. The van der Waals surface area contributed by atoms with Crippen LogP contribution in [0, 0.1) is 0 Å². The van der Waals surface area contributed by atoms with Gasteiger partial charge < -0.3 is 15.8 Å². The van der Waals surface area contributed by atoms with E-state index in [2.05, 4.69) is 11.9 Å². The van der Waals surface area contributed by atoms with E-state index in [0.29, 0.717) is 0 Å². The van der Waals surface area contributed by atoms with Gasteiger partial charge in [0.15, 0.2) is 0 Å². The van der Waals surface area contributed by atoms with Crippen molar-refractivity contribution < 1.29 is 4.74 Å². The van der Waals surface area contributed by atoms with Crippen molar-refractivity contribution >= 4 is 0 Å². The Kier molecular flexibility index (Phi) is 2.86. The van der Waals surface area contributed by atoms with Gasteiger partial charge in [-0.2, -0.15) is 0 Å². The molecule has 0 amide bonds. The zero-order valence-electron chi connectivity index (χ0n) is 6.05. The molecule has 58 valence electrons. The lowest BCUT2D eigenvalue weighted by molar-refractivity contribution is 0.0215. The first-order chi connectivity index (χ1) is 4.84. The molecule has 1 rings (SSSR count). The van der Waals surface area contributed by atoms with E-state index in [1.165, 1.54) is 0 Å². The molecule has 3 heteroatoms. The Labute approximate surface area is 61.2 Å². The van der Waals surface area contributed by atoms with Gasteiger partial charge >= 0.3 is 0 Å². The molecule has 1 aliphatic rings. The monoisotopic (exact) mass is 142 g/mol. The van der Waals surface area contributed by atoms with E-state index in [0.717, 1.165) is 19.7 Å². The summed E-state index contributed by atoms with van der Waals surface area (Å²) in [5, 5.41) is 3.20. The minimum atomic E-state index is -0.0344. The number of ether oxygens (including phenoxy) is 1. The van der Waals surface area contributed by atoms with E-state index >= 15 is 0 Å². The van der Waals surface area contributed by atoms with Crippen LogP contribution in [-0.2, 0) is 4.74 Å². The summed E-state index contributed by atoms with van der Waals surface area (Å²) in [5.41, 5.74) is 5.66. The Hall–Kier alpha value is -0.380. The van der Waals surface area contributed by atoms with Crippen molar-refractivity contribution in [2.75, 3.05) is 19.7 Å². The van der Waals surface area contributed by atoms with Crippen molar-refractivity contribution in [2.24, 2.45) is 5.73 Å². The van der Waals surface area contributed by atoms with Crippen LogP contribution in [0.1, 0.15) is 0 Å². The molecule has 0 aromatic carbocycles. The highest BCUT2D eigenvalue weighted by atomic mass is 16.5. The van der Waals surface area contributed by atoms with Crippen molar-refractivity contribution in [2.45, 2.75) is 12.1 Å². The largest absolute Gasteiger partial charge is 0.374 e. The second kappa shape index (κ2) is 3.71. The molecule has 1 fully saturated rings.